The molecule has 0 radical (unpaired) electrons. The Morgan fingerprint density at radius 2 is 2.29 bits per heavy atom. The van der Waals surface area contributed by atoms with E-state index in [9.17, 15) is 9.90 Å². The second kappa shape index (κ2) is 4.65. The average molecular weight is 228 g/mol. The Morgan fingerprint density at radius 1 is 1.47 bits per heavy atom. The number of aryl methyl sites for hydroxylation is 1. The number of hydrogen-bond acceptors (Lipinski definition) is 3. The van der Waals surface area contributed by atoms with E-state index in [1.54, 1.807) is 29.1 Å². The number of carbonyl (C=O) groups excluding carboxylic acids is 1. The van der Waals surface area contributed by atoms with E-state index in [2.05, 4.69) is 5.10 Å². The molecule has 0 atom stereocenters. The van der Waals surface area contributed by atoms with E-state index in [-0.39, 0.29) is 11.5 Å². The van der Waals surface area contributed by atoms with Crippen molar-refractivity contribution in [3.63, 3.8) is 0 Å². The fourth-order valence-corrected chi connectivity index (χ4v) is 1.45. The molecule has 17 heavy (non-hydrogen) atoms. The molecule has 1 aromatic carbocycles. The normalized spacial score (nSPS) is 10.9. The Bertz CT molecular complexity index is 570. The van der Waals surface area contributed by atoms with Gasteiger partial charge in [0, 0.05) is 24.4 Å². The lowest BCUT2D eigenvalue weighted by molar-refractivity contribution is 0.104. The highest BCUT2D eigenvalue weighted by molar-refractivity contribution is 6.06. The van der Waals surface area contributed by atoms with Crippen molar-refractivity contribution in [3.8, 4) is 5.75 Å². The number of carbonyl (C=O) groups is 1. The first-order valence-corrected chi connectivity index (χ1v) is 5.15. The summed E-state index contributed by atoms with van der Waals surface area (Å²) in [6, 6.07) is 6.27. The summed E-state index contributed by atoms with van der Waals surface area (Å²) >= 11 is 0. The van der Waals surface area contributed by atoms with Crippen molar-refractivity contribution in [2.24, 2.45) is 7.05 Å². The molecule has 0 amide bonds. The Morgan fingerprint density at radius 3 is 2.94 bits per heavy atom. The number of aromatic nitrogens is 2. The van der Waals surface area contributed by atoms with Gasteiger partial charge in [-0.2, -0.15) is 5.10 Å². The molecule has 0 bridgehead atoms. The van der Waals surface area contributed by atoms with Gasteiger partial charge in [0.15, 0.2) is 5.78 Å². The summed E-state index contributed by atoms with van der Waals surface area (Å²) in [4.78, 5) is 11.8. The minimum atomic E-state index is -0.148. The maximum Gasteiger partial charge on any atom is 0.185 e. The molecule has 1 N–H and O–H groups in total. The maximum absolute atomic E-state index is 11.8. The van der Waals surface area contributed by atoms with Gasteiger partial charge in [-0.05, 0) is 24.3 Å². The van der Waals surface area contributed by atoms with Gasteiger partial charge in [-0.25, -0.2) is 0 Å². The van der Waals surface area contributed by atoms with Gasteiger partial charge < -0.3 is 5.11 Å². The van der Waals surface area contributed by atoms with Crippen LogP contribution >= 0.6 is 0 Å². The van der Waals surface area contributed by atoms with Crippen LogP contribution in [-0.2, 0) is 7.05 Å². The van der Waals surface area contributed by atoms with Crippen LogP contribution in [0.25, 0.3) is 6.08 Å². The van der Waals surface area contributed by atoms with Crippen LogP contribution in [0.5, 0.6) is 5.75 Å². The molecule has 1 aromatic heterocycles. The van der Waals surface area contributed by atoms with Crippen LogP contribution in [-0.4, -0.2) is 20.7 Å². The van der Waals surface area contributed by atoms with E-state index in [0.29, 0.717) is 5.56 Å². The number of rotatable bonds is 3. The topological polar surface area (TPSA) is 55.1 Å². The van der Waals surface area contributed by atoms with E-state index in [0.717, 1.165) is 5.56 Å². The van der Waals surface area contributed by atoms with E-state index in [1.165, 1.54) is 18.2 Å². The zero-order valence-corrected chi connectivity index (χ0v) is 9.37. The molecular formula is C13H12N2O2. The van der Waals surface area contributed by atoms with E-state index >= 15 is 0 Å². The lowest BCUT2D eigenvalue weighted by Crippen LogP contribution is -1.92. The van der Waals surface area contributed by atoms with E-state index in [4.69, 9.17) is 0 Å². The van der Waals surface area contributed by atoms with Gasteiger partial charge in [-0.1, -0.05) is 12.1 Å². The van der Waals surface area contributed by atoms with Crippen LogP contribution in [0.3, 0.4) is 0 Å². The zero-order chi connectivity index (χ0) is 12.3. The Labute approximate surface area is 98.8 Å². The van der Waals surface area contributed by atoms with Gasteiger partial charge >= 0.3 is 0 Å². The lowest BCUT2D eigenvalue weighted by Gasteiger charge is -1.96. The van der Waals surface area contributed by atoms with Gasteiger partial charge in [0.05, 0.1) is 6.20 Å². The highest BCUT2D eigenvalue weighted by atomic mass is 16.3. The van der Waals surface area contributed by atoms with Gasteiger partial charge in [0.2, 0.25) is 0 Å². The summed E-state index contributed by atoms with van der Waals surface area (Å²) in [6.07, 6.45) is 6.64. The second-order valence-electron chi connectivity index (χ2n) is 3.70. The van der Waals surface area contributed by atoms with Crippen molar-refractivity contribution < 1.29 is 9.90 Å². The van der Waals surface area contributed by atoms with Crippen LogP contribution in [0.4, 0.5) is 0 Å². The molecule has 0 spiro atoms. The largest absolute Gasteiger partial charge is 0.508 e. The number of aromatic hydroxyl groups is 1. The third kappa shape index (κ3) is 2.81. The number of ketones is 1. The molecule has 0 fully saturated rings. The molecule has 1 heterocycles. The number of nitrogens with zero attached hydrogens (tertiary/aromatic N) is 2. The molecule has 0 aliphatic carbocycles. The summed E-state index contributed by atoms with van der Waals surface area (Å²) < 4.78 is 1.67. The predicted molar refractivity (Wildman–Crippen MR) is 64.7 cm³/mol. The summed E-state index contributed by atoms with van der Waals surface area (Å²) in [7, 11) is 1.81. The maximum atomic E-state index is 11.8. The summed E-state index contributed by atoms with van der Waals surface area (Å²) in [6.45, 7) is 0. The standard InChI is InChI=1S/C13H12N2O2/c1-15-9-10(8-14-15)5-6-13(17)11-3-2-4-12(16)7-11/h2-9,16H,1H3. The van der Waals surface area contributed by atoms with Crippen molar-refractivity contribution in [1.82, 2.24) is 9.78 Å². The number of benzene rings is 1. The zero-order valence-electron chi connectivity index (χ0n) is 9.37. The van der Waals surface area contributed by atoms with Gasteiger partial charge in [-0.3, -0.25) is 9.48 Å². The van der Waals surface area contributed by atoms with Crippen LogP contribution in [0.15, 0.2) is 42.7 Å². The van der Waals surface area contributed by atoms with Crippen molar-refractivity contribution in [2.75, 3.05) is 0 Å². The minimum absolute atomic E-state index is 0.0885. The van der Waals surface area contributed by atoms with Crippen LogP contribution in [0.1, 0.15) is 15.9 Å². The fourth-order valence-electron chi connectivity index (χ4n) is 1.45. The summed E-state index contributed by atoms with van der Waals surface area (Å²) in [5, 5.41) is 13.3. The molecule has 0 saturated heterocycles. The van der Waals surface area contributed by atoms with E-state index < -0.39 is 0 Å². The van der Waals surface area contributed by atoms with Gasteiger partial charge in [0.25, 0.3) is 0 Å². The molecule has 0 aliphatic rings. The number of phenols is 1. The molecule has 2 rings (SSSR count). The number of allylic oxidation sites excluding steroid dienone is 1. The van der Waals surface area contributed by atoms with Gasteiger partial charge in [-0.15, -0.1) is 0 Å². The van der Waals surface area contributed by atoms with Crippen LogP contribution < -0.4 is 0 Å². The quantitative estimate of drug-likeness (QED) is 0.646. The average Bonchev–Trinajstić information content (AvgIpc) is 2.72. The Balaban J connectivity index is 2.14. The fraction of sp³-hybridized carbons (Fsp3) is 0.0769. The van der Waals surface area contributed by atoms with Crippen LogP contribution in [0, 0.1) is 0 Å². The third-order valence-corrected chi connectivity index (χ3v) is 2.28. The Kier molecular flexibility index (Phi) is 3.05. The van der Waals surface area contributed by atoms with Crippen molar-refractivity contribution in [1.29, 1.82) is 0 Å². The van der Waals surface area contributed by atoms with E-state index in [1.807, 2.05) is 13.2 Å². The first-order chi connectivity index (χ1) is 8.15. The minimum Gasteiger partial charge on any atom is -0.508 e. The van der Waals surface area contributed by atoms with Crippen molar-refractivity contribution in [3.05, 3.63) is 53.9 Å². The highest BCUT2D eigenvalue weighted by Gasteiger charge is 2.02. The molecule has 0 saturated carbocycles. The van der Waals surface area contributed by atoms with Crippen LogP contribution in [0.2, 0.25) is 0 Å². The summed E-state index contributed by atoms with van der Waals surface area (Å²) in [5.41, 5.74) is 1.33. The molecule has 0 unspecified atom stereocenters. The molecular weight excluding hydrogens is 216 g/mol. The third-order valence-electron chi connectivity index (χ3n) is 2.28. The molecule has 4 nitrogen and oxygen atoms in total. The second-order valence-corrected chi connectivity index (χ2v) is 3.70. The highest BCUT2D eigenvalue weighted by Crippen LogP contribution is 2.12. The lowest BCUT2D eigenvalue weighted by atomic mass is 10.1. The van der Waals surface area contributed by atoms with Gasteiger partial charge in [0.1, 0.15) is 5.75 Å². The van der Waals surface area contributed by atoms with Crippen molar-refractivity contribution >= 4 is 11.9 Å². The van der Waals surface area contributed by atoms with Crippen molar-refractivity contribution in [2.45, 2.75) is 0 Å². The number of hydrogen-bond donors (Lipinski definition) is 1. The monoisotopic (exact) mass is 228 g/mol. The molecule has 0 aliphatic heterocycles. The Hall–Kier alpha value is -2.36. The summed E-state index contributed by atoms with van der Waals surface area (Å²) in [5.74, 6) is -0.0598. The smallest absolute Gasteiger partial charge is 0.185 e. The molecule has 2 aromatic rings. The first kappa shape index (κ1) is 11.1. The number of phenolic OH excluding ortho intramolecular Hbond substituents is 1. The first-order valence-electron chi connectivity index (χ1n) is 5.15. The molecule has 4 heteroatoms. The molecule has 86 valence electrons. The SMILES string of the molecule is Cn1cc(C=CC(=O)c2cccc(O)c2)cn1. The predicted octanol–water partition coefficient (Wildman–Crippen LogP) is 2.02.